The summed E-state index contributed by atoms with van der Waals surface area (Å²) in [7, 11) is 0. The highest BCUT2D eigenvalue weighted by Crippen LogP contribution is 2.34. The maximum absolute atomic E-state index is 12.8. The Hall–Kier alpha value is -2.06. The van der Waals surface area contributed by atoms with Crippen LogP contribution < -0.4 is 4.90 Å². The number of pyridine rings is 1. The number of halogens is 2. The molecule has 8 nitrogen and oxygen atoms in total. The Balaban J connectivity index is 1.89. The van der Waals surface area contributed by atoms with Crippen LogP contribution in [-0.2, 0) is 9.53 Å². The van der Waals surface area contributed by atoms with Gasteiger partial charge in [0.1, 0.15) is 21.9 Å². The highest BCUT2D eigenvalue weighted by atomic mass is 35.5. The first-order valence-corrected chi connectivity index (χ1v) is 8.35. The maximum Gasteiger partial charge on any atom is 0.429 e. The van der Waals surface area contributed by atoms with Gasteiger partial charge in [-0.25, -0.2) is 29.5 Å². The molecule has 2 aliphatic heterocycles. The van der Waals surface area contributed by atoms with Crippen molar-refractivity contribution in [1.29, 1.82) is 0 Å². The fourth-order valence-corrected chi connectivity index (χ4v) is 3.22. The summed E-state index contributed by atoms with van der Waals surface area (Å²) in [5.74, 6) is -0.450. The van der Waals surface area contributed by atoms with Crippen LogP contribution in [0.25, 0.3) is 0 Å². The number of urea groups is 1. The van der Waals surface area contributed by atoms with Crippen LogP contribution in [0.2, 0.25) is 10.3 Å². The standard InChI is InChI=1S/C15H16Cl2N4O4/c1-15(2,3)25-14(24)19-5-4-9-12(22)20(13(23)21(9)19)8-6-10(16)18-11(17)7-8/h6-7,9H,4-5H2,1-3H3. The normalized spacial score (nSPS) is 20.4. The number of anilines is 1. The molecule has 2 saturated heterocycles. The summed E-state index contributed by atoms with van der Waals surface area (Å²) >= 11 is 11.7. The molecular weight excluding hydrogens is 371 g/mol. The Labute approximate surface area is 154 Å². The van der Waals surface area contributed by atoms with Crippen molar-refractivity contribution in [1.82, 2.24) is 15.0 Å². The number of imide groups is 1. The molecule has 3 rings (SSSR count). The summed E-state index contributed by atoms with van der Waals surface area (Å²) in [6.45, 7) is 5.40. The van der Waals surface area contributed by atoms with Crippen LogP contribution in [-0.4, -0.2) is 51.2 Å². The molecule has 2 aliphatic rings. The van der Waals surface area contributed by atoms with Crippen molar-refractivity contribution >= 4 is 46.9 Å². The number of carbonyl (C=O) groups excluding carboxylic acids is 3. The molecule has 0 saturated carbocycles. The summed E-state index contributed by atoms with van der Waals surface area (Å²) in [4.78, 5) is 42.5. The number of fused-ring (bicyclic) bond motifs is 1. The van der Waals surface area contributed by atoms with Gasteiger partial charge in [-0.15, -0.1) is 0 Å². The van der Waals surface area contributed by atoms with Gasteiger partial charge in [-0.2, -0.15) is 0 Å². The SMILES string of the molecule is CC(C)(C)OC(=O)N1CCC2C(=O)N(c3cc(Cl)nc(Cl)c3)C(=O)N21. The highest BCUT2D eigenvalue weighted by molar-refractivity contribution is 6.33. The summed E-state index contributed by atoms with van der Waals surface area (Å²) in [5, 5.41) is 2.39. The smallest absolute Gasteiger partial charge is 0.429 e. The van der Waals surface area contributed by atoms with Crippen molar-refractivity contribution in [3.63, 3.8) is 0 Å². The van der Waals surface area contributed by atoms with Gasteiger partial charge in [-0.1, -0.05) is 23.2 Å². The average Bonchev–Trinajstić information content (AvgIpc) is 2.97. The predicted molar refractivity (Wildman–Crippen MR) is 90.3 cm³/mol. The molecule has 0 aliphatic carbocycles. The molecule has 0 N–H and O–H groups in total. The number of aromatic nitrogens is 1. The molecule has 0 bridgehead atoms. The van der Waals surface area contributed by atoms with E-state index < -0.39 is 29.7 Å². The van der Waals surface area contributed by atoms with Crippen LogP contribution in [0, 0.1) is 0 Å². The van der Waals surface area contributed by atoms with E-state index in [1.165, 1.54) is 12.1 Å². The summed E-state index contributed by atoms with van der Waals surface area (Å²) in [6, 6.07) is 1.31. The first-order chi connectivity index (χ1) is 11.6. The number of rotatable bonds is 1. The van der Waals surface area contributed by atoms with Crippen molar-refractivity contribution in [2.75, 3.05) is 11.4 Å². The number of carbonyl (C=O) groups is 3. The number of hydrazine groups is 1. The topological polar surface area (TPSA) is 83.0 Å². The second kappa shape index (κ2) is 6.03. The molecule has 10 heteroatoms. The van der Waals surface area contributed by atoms with E-state index in [-0.39, 0.29) is 22.5 Å². The van der Waals surface area contributed by atoms with E-state index in [1.807, 2.05) is 0 Å². The Morgan fingerprint density at radius 2 is 1.84 bits per heavy atom. The third-order valence-corrected chi connectivity index (χ3v) is 4.06. The molecule has 4 amide bonds. The molecule has 1 aromatic heterocycles. The Morgan fingerprint density at radius 1 is 1.24 bits per heavy atom. The van der Waals surface area contributed by atoms with E-state index in [4.69, 9.17) is 27.9 Å². The highest BCUT2D eigenvalue weighted by Gasteiger charge is 2.54. The lowest BCUT2D eigenvalue weighted by Crippen LogP contribution is -2.48. The van der Waals surface area contributed by atoms with Crippen LogP contribution in [0.1, 0.15) is 27.2 Å². The third kappa shape index (κ3) is 3.23. The lowest BCUT2D eigenvalue weighted by Gasteiger charge is -2.29. The summed E-state index contributed by atoms with van der Waals surface area (Å²) in [6.07, 6.45) is -0.351. The minimum atomic E-state index is -0.759. The molecule has 1 unspecified atom stereocenters. The molecule has 0 radical (unpaired) electrons. The molecular formula is C15H16Cl2N4O4. The zero-order chi connectivity index (χ0) is 18.5. The van der Waals surface area contributed by atoms with Crippen LogP contribution in [0.3, 0.4) is 0 Å². The maximum atomic E-state index is 12.8. The number of ether oxygens (including phenoxy) is 1. The van der Waals surface area contributed by atoms with Gasteiger partial charge < -0.3 is 4.74 Å². The van der Waals surface area contributed by atoms with Gasteiger partial charge in [0.05, 0.1) is 5.69 Å². The lowest BCUT2D eigenvalue weighted by atomic mass is 10.2. The zero-order valence-corrected chi connectivity index (χ0v) is 15.3. The molecule has 2 fully saturated rings. The summed E-state index contributed by atoms with van der Waals surface area (Å²) < 4.78 is 5.30. The molecule has 0 spiro atoms. The molecule has 1 atom stereocenters. The van der Waals surface area contributed by atoms with Gasteiger partial charge in [0.15, 0.2) is 0 Å². The van der Waals surface area contributed by atoms with Crippen LogP contribution >= 0.6 is 23.2 Å². The third-order valence-electron chi connectivity index (χ3n) is 3.67. The second-order valence-electron chi connectivity index (χ2n) is 6.68. The minimum Gasteiger partial charge on any atom is -0.442 e. The number of hydrogen-bond donors (Lipinski definition) is 0. The van der Waals surface area contributed by atoms with E-state index >= 15 is 0 Å². The van der Waals surface area contributed by atoms with E-state index in [0.717, 1.165) is 14.9 Å². The van der Waals surface area contributed by atoms with Crippen molar-refractivity contribution in [2.45, 2.75) is 38.8 Å². The first-order valence-electron chi connectivity index (χ1n) is 7.59. The fourth-order valence-electron chi connectivity index (χ4n) is 2.77. The van der Waals surface area contributed by atoms with Gasteiger partial charge in [0.2, 0.25) is 0 Å². The largest absolute Gasteiger partial charge is 0.442 e. The predicted octanol–water partition coefficient (Wildman–Crippen LogP) is 3.08. The van der Waals surface area contributed by atoms with Gasteiger partial charge in [0.25, 0.3) is 5.91 Å². The van der Waals surface area contributed by atoms with Crippen LogP contribution in [0.4, 0.5) is 15.3 Å². The molecule has 3 heterocycles. The number of hydrogen-bond acceptors (Lipinski definition) is 5. The van der Waals surface area contributed by atoms with E-state index in [1.54, 1.807) is 20.8 Å². The monoisotopic (exact) mass is 386 g/mol. The molecule has 134 valence electrons. The van der Waals surface area contributed by atoms with Gasteiger partial charge >= 0.3 is 12.1 Å². The van der Waals surface area contributed by atoms with Crippen LogP contribution in [0.5, 0.6) is 0 Å². The fraction of sp³-hybridized carbons (Fsp3) is 0.467. The van der Waals surface area contributed by atoms with Crippen LogP contribution in [0.15, 0.2) is 12.1 Å². The zero-order valence-electron chi connectivity index (χ0n) is 13.8. The van der Waals surface area contributed by atoms with Crippen molar-refractivity contribution in [3.05, 3.63) is 22.4 Å². The first kappa shape index (κ1) is 17.8. The Kier molecular flexibility index (Phi) is 4.28. The van der Waals surface area contributed by atoms with E-state index in [9.17, 15) is 14.4 Å². The summed E-state index contributed by atoms with van der Waals surface area (Å²) in [5.41, 5.74) is -0.508. The minimum absolute atomic E-state index is 0.0548. The average molecular weight is 387 g/mol. The van der Waals surface area contributed by atoms with Crippen molar-refractivity contribution in [3.8, 4) is 0 Å². The van der Waals surface area contributed by atoms with Gasteiger partial charge in [-0.05, 0) is 39.3 Å². The van der Waals surface area contributed by atoms with Crippen molar-refractivity contribution in [2.24, 2.45) is 0 Å². The Morgan fingerprint density at radius 3 is 2.40 bits per heavy atom. The molecule has 0 aromatic carbocycles. The number of nitrogens with zero attached hydrogens (tertiary/aromatic N) is 4. The molecule has 1 aromatic rings. The lowest BCUT2D eigenvalue weighted by molar-refractivity contribution is -0.120. The van der Waals surface area contributed by atoms with Gasteiger partial charge in [-0.3, -0.25) is 4.79 Å². The van der Waals surface area contributed by atoms with Gasteiger partial charge in [0, 0.05) is 6.54 Å². The number of amides is 4. The Bertz CT molecular complexity index is 744. The quantitative estimate of drug-likeness (QED) is 0.546. The molecule has 25 heavy (non-hydrogen) atoms. The van der Waals surface area contributed by atoms with Crippen molar-refractivity contribution < 1.29 is 19.1 Å². The second-order valence-corrected chi connectivity index (χ2v) is 7.45. The van der Waals surface area contributed by atoms with E-state index in [2.05, 4.69) is 4.98 Å². The van der Waals surface area contributed by atoms with E-state index in [0.29, 0.717) is 6.42 Å².